The van der Waals surface area contributed by atoms with Gasteiger partial charge in [0.15, 0.2) is 11.5 Å². The molecule has 0 spiro atoms. The number of hydrogen-bond donors (Lipinski definition) is 1. The molecule has 4 rings (SSSR count). The Balaban J connectivity index is 1.51. The van der Waals surface area contributed by atoms with E-state index in [-0.39, 0.29) is 5.95 Å². The topological polar surface area (TPSA) is 95.3 Å². The lowest BCUT2D eigenvalue weighted by Gasteiger charge is -2.35. The van der Waals surface area contributed by atoms with Gasteiger partial charge in [-0.3, -0.25) is 9.78 Å². The van der Waals surface area contributed by atoms with E-state index in [2.05, 4.69) is 30.2 Å². The Morgan fingerprint density at radius 3 is 2.58 bits per heavy atom. The first-order valence-electron chi connectivity index (χ1n) is 8.09. The Morgan fingerprint density at radius 1 is 1.12 bits per heavy atom. The summed E-state index contributed by atoms with van der Waals surface area (Å²) in [7, 11) is 0. The van der Waals surface area contributed by atoms with Crippen LogP contribution in [0, 0.1) is 6.92 Å². The third kappa shape index (κ3) is 2.95. The summed E-state index contributed by atoms with van der Waals surface area (Å²) in [6.07, 6.45) is -2.78. The number of hydrogen-bond acceptors (Lipinski definition) is 7. The molecular formula is C15H16F2N8O. The van der Waals surface area contributed by atoms with E-state index in [1.165, 1.54) is 0 Å². The molecule has 0 saturated carbocycles. The van der Waals surface area contributed by atoms with Gasteiger partial charge in [-0.05, 0) is 19.1 Å². The Hall–Kier alpha value is -3.11. The molecule has 1 saturated heterocycles. The van der Waals surface area contributed by atoms with Crippen LogP contribution in [-0.4, -0.2) is 56.0 Å². The molecule has 11 heteroatoms. The Bertz CT molecular complexity index is 993. The van der Waals surface area contributed by atoms with Gasteiger partial charge in [0.25, 0.3) is 12.0 Å². The first kappa shape index (κ1) is 16.4. The molecule has 1 fully saturated rings. The summed E-state index contributed by atoms with van der Waals surface area (Å²) in [5, 5.41) is 12.5. The summed E-state index contributed by atoms with van der Waals surface area (Å²) in [5.41, 5.74) is -0.417. The van der Waals surface area contributed by atoms with E-state index < -0.39 is 17.7 Å². The fourth-order valence-electron chi connectivity index (χ4n) is 2.93. The number of fused-ring (bicyclic) bond motifs is 1. The van der Waals surface area contributed by atoms with Gasteiger partial charge in [0, 0.05) is 32.2 Å². The third-order valence-corrected chi connectivity index (χ3v) is 4.28. The minimum absolute atomic E-state index is 0.172. The number of aryl methyl sites for hydroxylation is 1. The monoisotopic (exact) mass is 362 g/mol. The molecular weight excluding hydrogens is 346 g/mol. The molecule has 0 radical (unpaired) electrons. The average molecular weight is 362 g/mol. The standard InChI is InChI=1S/C15H16F2N8O/c1-9-20-21-11-2-3-12(22-25(9)11)23-4-6-24(7-5-23)15-18-10(14(16)17)8-13(26)19-15/h2-3,8,14H,4-7H2,1H3,(H,18,19,26). The number of nitrogens with zero attached hydrogens (tertiary/aromatic N) is 7. The maximum atomic E-state index is 12.8. The molecule has 3 aromatic rings. The van der Waals surface area contributed by atoms with Crippen LogP contribution in [0.2, 0.25) is 0 Å². The first-order valence-corrected chi connectivity index (χ1v) is 8.09. The van der Waals surface area contributed by atoms with Crippen LogP contribution < -0.4 is 15.4 Å². The smallest absolute Gasteiger partial charge is 0.280 e. The number of H-pyrrole nitrogens is 1. The van der Waals surface area contributed by atoms with Crippen molar-refractivity contribution >= 4 is 17.4 Å². The largest absolute Gasteiger partial charge is 0.352 e. The lowest BCUT2D eigenvalue weighted by molar-refractivity contribution is 0.146. The number of aromatic nitrogens is 6. The van der Waals surface area contributed by atoms with E-state index in [1.807, 2.05) is 19.1 Å². The van der Waals surface area contributed by atoms with E-state index in [0.29, 0.717) is 37.7 Å². The minimum Gasteiger partial charge on any atom is -0.352 e. The summed E-state index contributed by atoms with van der Waals surface area (Å²) in [5.74, 6) is 1.65. The van der Waals surface area contributed by atoms with Crippen LogP contribution >= 0.6 is 0 Å². The van der Waals surface area contributed by atoms with Gasteiger partial charge in [-0.25, -0.2) is 13.8 Å². The van der Waals surface area contributed by atoms with Gasteiger partial charge in [0.1, 0.15) is 11.5 Å². The summed E-state index contributed by atoms with van der Waals surface area (Å²) in [6.45, 7) is 4.10. The fraction of sp³-hybridized carbons (Fsp3) is 0.400. The number of anilines is 2. The number of piperazine rings is 1. The predicted octanol–water partition coefficient (Wildman–Crippen LogP) is 0.780. The maximum absolute atomic E-state index is 12.8. The Labute approximate surface area is 146 Å². The number of halogens is 2. The lowest BCUT2D eigenvalue weighted by atomic mass is 10.3. The summed E-state index contributed by atoms with van der Waals surface area (Å²) < 4.78 is 27.4. The van der Waals surface area contributed by atoms with Crippen LogP contribution in [0.5, 0.6) is 0 Å². The molecule has 0 atom stereocenters. The maximum Gasteiger partial charge on any atom is 0.280 e. The van der Waals surface area contributed by atoms with Crippen molar-refractivity contribution in [2.24, 2.45) is 0 Å². The zero-order valence-electron chi connectivity index (χ0n) is 13.9. The highest BCUT2D eigenvalue weighted by molar-refractivity contribution is 5.47. The van der Waals surface area contributed by atoms with Crippen molar-refractivity contribution in [1.29, 1.82) is 0 Å². The zero-order valence-corrected chi connectivity index (χ0v) is 13.9. The first-order chi connectivity index (χ1) is 12.5. The molecule has 0 aromatic carbocycles. The van der Waals surface area contributed by atoms with E-state index in [0.717, 1.165) is 11.9 Å². The Morgan fingerprint density at radius 2 is 1.85 bits per heavy atom. The van der Waals surface area contributed by atoms with Crippen LogP contribution in [0.3, 0.4) is 0 Å². The molecule has 0 aliphatic carbocycles. The predicted molar refractivity (Wildman–Crippen MR) is 89.8 cm³/mol. The van der Waals surface area contributed by atoms with Crippen LogP contribution in [0.4, 0.5) is 20.5 Å². The number of aromatic amines is 1. The molecule has 136 valence electrons. The fourth-order valence-corrected chi connectivity index (χ4v) is 2.93. The molecule has 0 amide bonds. The van der Waals surface area contributed by atoms with Gasteiger partial charge in [-0.1, -0.05) is 0 Å². The molecule has 1 N–H and O–H groups in total. The van der Waals surface area contributed by atoms with Crippen LogP contribution in [0.15, 0.2) is 23.0 Å². The van der Waals surface area contributed by atoms with Gasteiger partial charge in [0.2, 0.25) is 5.95 Å². The number of alkyl halides is 2. The van der Waals surface area contributed by atoms with Gasteiger partial charge in [-0.2, -0.15) is 4.52 Å². The quantitative estimate of drug-likeness (QED) is 0.736. The van der Waals surface area contributed by atoms with E-state index in [4.69, 9.17) is 0 Å². The zero-order chi connectivity index (χ0) is 18.3. The molecule has 0 bridgehead atoms. The van der Waals surface area contributed by atoms with Crippen molar-refractivity contribution in [3.05, 3.63) is 40.1 Å². The summed E-state index contributed by atoms with van der Waals surface area (Å²) in [6, 6.07) is 4.54. The van der Waals surface area contributed by atoms with Crippen molar-refractivity contribution in [1.82, 2.24) is 29.8 Å². The molecule has 4 heterocycles. The van der Waals surface area contributed by atoms with E-state index in [1.54, 1.807) is 9.42 Å². The minimum atomic E-state index is -2.78. The molecule has 26 heavy (non-hydrogen) atoms. The van der Waals surface area contributed by atoms with E-state index in [9.17, 15) is 13.6 Å². The molecule has 3 aromatic heterocycles. The molecule has 1 aliphatic heterocycles. The van der Waals surface area contributed by atoms with Gasteiger partial charge < -0.3 is 9.80 Å². The van der Waals surface area contributed by atoms with Crippen molar-refractivity contribution in [3.63, 3.8) is 0 Å². The van der Waals surface area contributed by atoms with E-state index >= 15 is 0 Å². The number of nitrogens with one attached hydrogen (secondary N) is 1. The summed E-state index contributed by atoms with van der Waals surface area (Å²) >= 11 is 0. The second kappa shape index (κ2) is 6.32. The summed E-state index contributed by atoms with van der Waals surface area (Å²) in [4.78, 5) is 21.8. The second-order valence-corrected chi connectivity index (χ2v) is 5.98. The van der Waals surface area contributed by atoms with Crippen LogP contribution in [-0.2, 0) is 0 Å². The SMILES string of the molecule is Cc1nnc2ccc(N3CCN(c4nc(C(F)F)cc(=O)[nH]4)CC3)nn12. The van der Waals surface area contributed by atoms with Gasteiger partial charge in [0.05, 0.1) is 0 Å². The highest BCUT2D eigenvalue weighted by atomic mass is 19.3. The third-order valence-electron chi connectivity index (χ3n) is 4.28. The number of rotatable bonds is 3. The molecule has 9 nitrogen and oxygen atoms in total. The normalized spacial score (nSPS) is 15.2. The van der Waals surface area contributed by atoms with Gasteiger partial charge >= 0.3 is 0 Å². The van der Waals surface area contributed by atoms with Crippen molar-refractivity contribution in [3.8, 4) is 0 Å². The van der Waals surface area contributed by atoms with Crippen LogP contribution in [0.1, 0.15) is 17.9 Å². The van der Waals surface area contributed by atoms with Gasteiger partial charge in [-0.15, -0.1) is 15.3 Å². The van der Waals surface area contributed by atoms with Crippen molar-refractivity contribution < 1.29 is 8.78 Å². The van der Waals surface area contributed by atoms with Crippen LogP contribution in [0.25, 0.3) is 5.65 Å². The highest BCUT2D eigenvalue weighted by Gasteiger charge is 2.22. The average Bonchev–Trinajstić information content (AvgIpc) is 3.02. The highest BCUT2D eigenvalue weighted by Crippen LogP contribution is 2.19. The Kier molecular flexibility index (Phi) is 3.98. The second-order valence-electron chi connectivity index (χ2n) is 5.98. The molecule has 1 aliphatic rings. The van der Waals surface area contributed by atoms with Crippen molar-refractivity contribution in [2.75, 3.05) is 36.0 Å². The lowest BCUT2D eigenvalue weighted by Crippen LogP contribution is -2.48. The molecule has 0 unspecified atom stereocenters. The van der Waals surface area contributed by atoms with Crippen molar-refractivity contribution in [2.45, 2.75) is 13.3 Å².